The van der Waals surface area contributed by atoms with E-state index in [1.165, 1.54) is 48.3 Å². The number of amides is 1. The minimum Gasteiger partial charge on any atom is -0.321 e. The quantitative estimate of drug-likeness (QED) is 0.875. The summed E-state index contributed by atoms with van der Waals surface area (Å²) in [6.45, 7) is 0. The number of nitrogens with one attached hydrogen (secondary N) is 1. The van der Waals surface area contributed by atoms with Gasteiger partial charge in [0.15, 0.2) is 0 Å². The molecule has 1 aromatic carbocycles. The van der Waals surface area contributed by atoms with Crippen molar-refractivity contribution < 1.29 is 13.2 Å². The van der Waals surface area contributed by atoms with E-state index in [0.717, 1.165) is 12.8 Å². The highest BCUT2D eigenvalue weighted by molar-refractivity contribution is 7.89. The van der Waals surface area contributed by atoms with E-state index in [1.807, 2.05) is 6.07 Å². The van der Waals surface area contributed by atoms with Gasteiger partial charge < -0.3 is 5.32 Å². The van der Waals surface area contributed by atoms with E-state index in [0.29, 0.717) is 10.6 Å². The van der Waals surface area contributed by atoms with Gasteiger partial charge in [0.1, 0.15) is 0 Å². The Morgan fingerprint density at radius 2 is 1.71 bits per heavy atom. The van der Waals surface area contributed by atoms with Crippen LogP contribution < -0.4 is 10.5 Å². The smallest absolute Gasteiger partial charge is 0.265 e. The Hall–Kier alpha value is -1.70. The summed E-state index contributed by atoms with van der Waals surface area (Å²) >= 11 is 1.56. The molecule has 2 aromatic rings. The van der Waals surface area contributed by atoms with E-state index in [-0.39, 0.29) is 10.8 Å². The van der Waals surface area contributed by atoms with E-state index in [2.05, 4.69) is 5.32 Å². The molecule has 3 rings (SSSR count). The largest absolute Gasteiger partial charge is 0.321 e. The van der Waals surface area contributed by atoms with Crippen LogP contribution in [0.4, 0.5) is 5.69 Å². The molecule has 0 fully saturated rings. The van der Waals surface area contributed by atoms with Crippen LogP contribution in [0.5, 0.6) is 0 Å². The SMILES string of the molecule is NS(=O)(=O)c1ccc(NC(=O)c2cc3c(s2)CCCCCC3)cc1. The fourth-order valence-corrected chi connectivity index (χ4v) is 4.54. The lowest BCUT2D eigenvalue weighted by atomic mass is 10.00. The molecule has 1 heterocycles. The maximum absolute atomic E-state index is 12.4. The molecular weight excluding hydrogens is 344 g/mol. The number of anilines is 1. The monoisotopic (exact) mass is 364 g/mol. The van der Waals surface area contributed by atoms with Gasteiger partial charge in [-0.3, -0.25) is 4.79 Å². The van der Waals surface area contributed by atoms with Gasteiger partial charge in [0.05, 0.1) is 9.77 Å². The maximum atomic E-state index is 12.4. The van der Waals surface area contributed by atoms with Crippen LogP contribution in [0.3, 0.4) is 0 Å². The van der Waals surface area contributed by atoms with Crippen LogP contribution >= 0.6 is 11.3 Å². The first-order valence-corrected chi connectivity index (χ1v) is 10.4. The summed E-state index contributed by atoms with van der Waals surface area (Å²) in [6, 6.07) is 7.86. The second-order valence-corrected chi connectivity index (χ2v) is 8.69. The predicted molar refractivity (Wildman–Crippen MR) is 96.0 cm³/mol. The van der Waals surface area contributed by atoms with Crippen molar-refractivity contribution in [1.82, 2.24) is 0 Å². The number of rotatable bonds is 3. The van der Waals surface area contributed by atoms with Gasteiger partial charge in [-0.2, -0.15) is 0 Å². The molecule has 0 atom stereocenters. The molecule has 0 spiro atoms. The zero-order valence-corrected chi connectivity index (χ0v) is 14.9. The van der Waals surface area contributed by atoms with Gasteiger partial charge in [-0.1, -0.05) is 12.8 Å². The topological polar surface area (TPSA) is 89.3 Å². The Kier molecular flexibility index (Phi) is 5.03. The molecule has 24 heavy (non-hydrogen) atoms. The minimum atomic E-state index is -3.72. The van der Waals surface area contributed by atoms with Crippen molar-refractivity contribution in [2.24, 2.45) is 5.14 Å². The van der Waals surface area contributed by atoms with E-state index >= 15 is 0 Å². The number of carbonyl (C=O) groups is 1. The summed E-state index contributed by atoms with van der Waals surface area (Å²) in [6.07, 6.45) is 6.98. The maximum Gasteiger partial charge on any atom is 0.265 e. The molecule has 0 radical (unpaired) electrons. The van der Waals surface area contributed by atoms with Crippen molar-refractivity contribution in [2.45, 2.75) is 43.4 Å². The van der Waals surface area contributed by atoms with Crippen molar-refractivity contribution in [3.8, 4) is 0 Å². The summed E-state index contributed by atoms with van der Waals surface area (Å²) in [5, 5.41) is 7.88. The van der Waals surface area contributed by atoms with Crippen LogP contribution in [0.15, 0.2) is 35.2 Å². The van der Waals surface area contributed by atoms with Gasteiger partial charge >= 0.3 is 0 Å². The van der Waals surface area contributed by atoms with Crippen LogP contribution in [-0.2, 0) is 22.9 Å². The molecule has 0 saturated carbocycles. The Morgan fingerprint density at radius 1 is 1.04 bits per heavy atom. The van der Waals surface area contributed by atoms with Crippen molar-refractivity contribution in [3.63, 3.8) is 0 Å². The Morgan fingerprint density at radius 3 is 2.38 bits per heavy atom. The van der Waals surface area contributed by atoms with Crippen molar-refractivity contribution in [2.75, 3.05) is 5.32 Å². The molecule has 0 unspecified atom stereocenters. The van der Waals surface area contributed by atoms with E-state index in [9.17, 15) is 13.2 Å². The van der Waals surface area contributed by atoms with Crippen LogP contribution in [0, 0.1) is 0 Å². The van der Waals surface area contributed by atoms with Gasteiger partial charge in [-0.05, 0) is 61.6 Å². The average molecular weight is 364 g/mol. The first kappa shape index (κ1) is 17.1. The molecule has 0 saturated heterocycles. The summed E-state index contributed by atoms with van der Waals surface area (Å²) in [5.41, 5.74) is 1.85. The Balaban J connectivity index is 1.74. The summed E-state index contributed by atoms with van der Waals surface area (Å²) in [4.78, 5) is 14.5. The molecule has 7 heteroatoms. The van der Waals surface area contributed by atoms with Gasteiger partial charge in [0.2, 0.25) is 10.0 Å². The van der Waals surface area contributed by atoms with E-state index in [1.54, 1.807) is 23.5 Å². The molecule has 3 N–H and O–H groups in total. The third-order valence-electron chi connectivity index (χ3n) is 4.16. The molecule has 1 aliphatic carbocycles. The fourth-order valence-electron chi connectivity index (χ4n) is 2.88. The number of carbonyl (C=O) groups excluding carboxylic acids is 1. The third kappa shape index (κ3) is 4.03. The van der Waals surface area contributed by atoms with Gasteiger partial charge in [0, 0.05) is 10.6 Å². The van der Waals surface area contributed by atoms with Gasteiger partial charge in [0.25, 0.3) is 5.91 Å². The second-order valence-electron chi connectivity index (χ2n) is 6.00. The molecule has 1 amide bonds. The normalized spacial score (nSPS) is 15.2. The van der Waals surface area contributed by atoms with Crippen molar-refractivity contribution in [3.05, 3.63) is 45.6 Å². The highest BCUT2D eigenvalue weighted by Gasteiger charge is 2.16. The zero-order chi connectivity index (χ0) is 17.2. The van der Waals surface area contributed by atoms with Crippen molar-refractivity contribution in [1.29, 1.82) is 0 Å². The molecule has 1 aliphatic rings. The number of sulfonamides is 1. The third-order valence-corrected chi connectivity index (χ3v) is 6.33. The standard InChI is InChI=1S/C17H20N2O3S2/c18-24(21,22)14-9-7-13(8-10-14)19-17(20)16-11-12-5-3-1-2-4-6-15(12)23-16/h7-11H,1-6H2,(H,19,20)(H2,18,21,22). The first-order chi connectivity index (χ1) is 11.4. The van der Waals surface area contributed by atoms with Crippen LogP contribution in [-0.4, -0.2) is 14.3 Å². The number of aryl methyl sites for hydroxylation is 2. The predicted octanol–water partition coefficient (Wildman–Crippen LogP) is 3.31. The Bertz CT molecular complexity index is 814. The number of fused-ring (bicyclic) bond motifs is 1. The van der Waals surface area contributed by atoms with Crippen LogP contribution in [0.1, 0.15) is 45.8 Å². The lowest BCUT2D eigenvalue weighted by molar-refractivity contribution is 0.103. The van der Waals surface area contributed by atoms with Crippen molar-refractivity contribution >= 4 is 33.0 Å². The number of nitrogens with two attached hydrogens (primary N) is 1. The minimum absolute atomic E-state index is 0.0274. The molecule has 1 aromatic heterocycles. The number of benzene rings is 1. The van der Waals surface area contributed by atoms with Gasteiger partial charge in [-0.15, -0.1) is 11.3 Å². The molecule has 5 nitrogen and oxygen atoms in total. The lowest BCUT2D eigenvalue weighted by Crippen LogP contribution is -2.13. The zero-order valence-electron chi connectivity index (χ0n) is 13.2. The number of hydrogen-bond acceptors (Lipinski definition) is 4. The highest BCUT2D eigenvalue weighted by Crippen LogP contribution is 2.29. The average Bonchev–Trinajstić information content (AvgIpc) is 2.89. The van der Waals surface area contributed by atoms with E-state index in [4.69, 9.17) is 5.14 Å². The van der Waals surface area contributed by atoms with Crippen LogP contribution in [0.2, 0.25) is 0 Å². The summed E-state index contributed by atoms with van der Waals surface area (Å²) < 4.78 is 22.5. The number of thiophene rings is 1. The van der Waals surface area contributed by atoms with Gasteiger partial charge in [-0.25, -0.2) is 13.6 Å². The number of hydrogen-bond donors (Lipinski definition) is 2. The lowest BCUT2D eigenvalue weighted by Gasteiger charge is -2.07. The summed E-state index contributed by atoms with van der Waals surface area (Å²) in [7, 11) is -3.72. The molecule has 0 bridgehead atoms. The van der Waals surface area contributed by atoms with E-state index < -0.39 is 10.0 Å². The highest BCUT2D eigenvalue weighted by atomic mass is 32.2. The van der Waals surface area contributed by atoms with Crippen LogP contribution in [0.25, 0.3) is 0 Å². The second kappa shape index (κ2) is 7.04. The summed E-state index contributed by atoms with van der Waals surface area (Å²) in [5.74, 6) is -0.157. The molecular formula is C17H20N2O3S2. The first-order valence-electron chi connectivity index (χ1n) is 7.99. The molecule has 0 aliphatic heterocycles. The number of primary sulfonamides is 1. The Labute approximate surface area is 145 Å². The fraction of sp³-hybridized carbons (Fsp3) is 0.353. The molecule has 128 valence electrons.